The lowest BCUT2D eigenvalue weighted by molar-refractivity contribution is 0.487. The Morgan fingerprint density at radius 3 is 1.58 bits per heavy atom. The Morgan fingerprint density at radius 1 is 0.479 bits per heavy atom. The molecule has 0 N–H and O–H groups in total. The minimum atomic E-state index is 0.0580. The first-order valence-corrected chi connectivity index (χ1v) is 16.9. The van der Waals surface area contributed by atoms with Crippen LogP contribution < -0.4 is 30.9 Å². The quantitative estimate of drug-likeness (QED) is 0.181. The fraction of sp³-hybridized carbons (Fsp3) is 0.182. The van der Waals surface area contributed by atoms with Gasteiger partial charge in [0.1, 0.15) is 11.5 Å². The Hall–Kier alpha value is -5.22. The predicted molar refractivity (Wildman–Crippen MR) is 205 cm³/mol. The molecule has 0 radical (unpaired) electrons. The third-order valence-corrected chi connectivity index (χ3v) is 9.78. The maximum Gasteiger partial charge on any atom is 0.256 e. The summed E-state index contributed by atoms with van der Waals surface area (Å²) in [5.41, 5.74) is 20.7. The lowest BCUT2D eigenvalue weighted by atomic mass is 9.33. The first-order chi connectivity index (χ1) is 23.0. The van der Waals surface area contributed by atoms with Gasteiger partial charge in [0.05, 0.1) is 5.69 Å². The largest absolute Gasteiger partial charge is 0.458 e. The number of aryl methyl sites for hydroxylation is 8. The fourth-order valence-corrected chi connectivity index (χ4v) is 8.28. The van der Waals surface area contributed by atoms with Gasteiger partial charge in [-0.15, -0.1) is 0 Å². The van der Waals surface area contributed by atoms with E-state index in [-0.39, 0.29) is 6.71 Å². The molecule has 2 heterocycles. The molecular formula is C44H41BN2O. The van der Waals surface area contributed by atoms with Gasteiger partial charge in [-0.2, -0.15) is 0 Å². The number of hydrogen-bond acceptors (Lipinski definition) is 3. The first kappa shape index (κ1) is 30.1. The van der Waals surface area contributed by atoms with Gasteiger partial charge in [0, 0.05) is 34.5 Å². The molecule has 0 fully saturated rings. The Bertz CT molecular complexity index is 2170. The molecule has 0 aromatic heterocycles. The van der Waals surface area contributed by atoms with Gasteiger partial charge < -0.3 is 14.5 Å². The normalized spacial score (nSPS) is 12.7. The van der Waals surface area contributed by atoms with Gasteiger partial charge in [-0.1, -0.05) is 48.0 Å². The lowest BCUT2D eigenvalue weighted by Gasteiger charge is -2.42. The third-order valence-electron chi connectivity index (χ3n) is 9.78. The molecule has 0 saturated heterocycles. The van der Waals surface area contributed by atoms with E-state index in [0.717, 1.165) is 34.2 Å². The summed E-state index contributed by atoms with van der Waals surface area (Å²) in [4.78, 5) is 4.90. The van der Waals surface area contributed by atoms with E-state index < -0.39 is 0 Å². The summed E-state index contributed by atoms with van der Waals surface area (Å²) in [5.74, 6) is 1.83. The number of rotatable bonds is 4. The summed E-state index contributed by atoms with van der Waals surface area (Å²) >= 11 is 0. The van der Waals surface area contributed by atoms with Gasteiger partial charge in [0.2, 0.25) is 0 Å². The second-order valence-corrected chi connectivity index (χ2v) is 14.2. The van der Waals surface area contributed by atoms with Crippen molar-refractivity contribution in [3.8, 4) is 11.5 Å². The Labute approximate surface area is 285 Å². The van der Waals surface area contributed by atoms with Gasteiger partial charge in [-0.3, -0.25) is 0 Å². The molecule has 8 rings (SSSR count). The fourth-order valence-electron chi connectivity index (χ4n) is 8.28. The van der Waals surface area contributed by atoms with Crippen LogP contribution in [0.3, 0.4) is 0 Å². The Kier molecular flexibility index (Phi) is 7.03. The molecule has 3 nitrogen and oxygen atoms in total. The summed E-state index contributed by atoms with van der Waals surface area (Å²) in [6.45, 7) is 17.7. The number of fused-ring (bicyclic) bond motifs is 4. The van der Waals surface area contributed by atoms with Crippen molar-refractivity contribution in [2.75, 3.05) is 9.80 Å². The zero-order valence-electron chi connectivity index (χ0n) is 29.2. The number of anilines is 6. The summed E-state index contributed by atoms with van der Waals surface area (Å²) in [5, 5.41) is 0. The predicted octanol–water partition coefficient (Wildman–Crippen LogP) is 10.0. The maximum atomic E-state index is 6.94. The van der Waals surface area contributed by atoms with Crippen LogP contribution in [0.5, 0.6) is 11.5 Å². The SMILES string of the molecule is Cc1cc(C)cc(N(c2cc(C)cc(C)c2)c2cc3c4c(c2)N(c2cc(C)cc(C)c2)c2cc(C)cc(C)c2B4c2ccccc2O3)c1. The van der Waals surface area contributed by atoms with Crippen LogP contribution in [-0.2, 0) is 0 Å². The number of hydrogen-bond donors (Lipinski definition) is 0. The van der Waals surface area contributed by atoms with Crippen molar-refractivity contribution in [2.24, 2.45) is 0 Å². The summed E-state index contributed by atoms with van der Waals surface area (Å²) in [7, 11) is 0. The minimum absolute atomic E-state index is 0.0580. The van der Waals surface area contributed by atoms with Crippen LogP contribution in [-0.4, -0.2) is 6.71 Å². The van der Waals surface area contributed by atoms with Crippen LogP contribution in [0.2, 0.25) is 0 Å². The van der Waals surface area contributed by atoms with E-state index in [1.165, 1.54) is 72.3 Å². The van der Waals surface area contributed by atoms with E-state index in [4.69, 9.17) is 4.74 Å². The molecule has 0 aliphatic carbocycles. The summed E-state index contributed by atoms with van der Waals surface area (Å²) in [6, 6.07) is 38.5. The van der Waals surface area contributed by atoms with Gasteiger partial charge in [-0.25, -0.2) is 0 Å². The summed E-state index contributed by atoms with van der Waals surface area (Å²) in [6.07, 6.45) is 0. The average molecular weight is 625 g/mol. The van der Waals surface area contributed by atoms with Crippen LogP contribution in [0.1, 0.15) is 44.5 Å². The van der Waals surface area contributed by atoms with Crippen LogP contribution in [0.25, 0.3) is 0 Å². The number of benzene rings is 6. The van der Waals surface area contributed by atoms with Crippen molar-refractivity contribution in [1.29, 1.82) is 0 Å². The minimum Gasteiger partial charge on any atom is -0.458 e. The number of para-hydroxylation sites is 1. The summed E-state index contributed by atoms with van der Waals surface area (Å²) < 4.78 is 6.94. The second kappa shape index (κ2) is 11.2. The van der Waals surface area contributed by atoms with Crippen molar-refractivity contribution < 1.29 is 4.74 Å². The zero-order chi connectivity index (χ0) is 33.4. The maximum absolute atomic E-state index is 6.94. The third kappa shape index (κ3) is 4.99. The van der Waals surface area contributed by atoms with Crippen LogP contribution >= 0.6 is 0 Å². The van der Waals surface area contributed by atoms with E-state index in [2.05, 4.69) is 168 Å². The number of nitrogens with zero attached hydrogens (tertiary/aromatic N) is 2. The molecule has 0 saturated carbocycles. The molecule has 0 amide bonds. The number of ether oxygens (including phenoxy) is 1. The molecule has 236 valence electrons. The van der Waals surface area contributed by atoms with Gasteiger partial charge in [0.15, 0.2) is 0 Å². The lowest BCUT2D eigenvalue weighted by Crippen LogP contribution is -2.60. The highest BCUT2D eigenvalue weighted by molar-refractivity contribution is 6.99. The highest BCUT2D eigenvalue weighted by Crippen LogP contribution is 2.46. The van der Waals surface area contributed by atoms with E-state index in [1.807, 2.05) is 0 Å². The highest BCUT2D eigenvalue weighted by Gasteiger charge is 2.43. The van der Waals surface area contributed by atoms with Crippen molar-refractivity contribution >= 4 is 57.2 Å². The van der Waals surface area contributed by atoms with Gasteiger partial charge >= 0.3 is 0 Å². The molecule has 0 spiro atoms. The molecule has 6 aromatic carbocycles. The molecule has 2 aliphatic rings. The Balaban J connectivity index is 1.48. The Morgan fingerprint density at radius 2 is 0.979 bits per heavy atom. The molecule has 0 atom stereocenters. The van der Waals surface area contributed by atoms with Crippen molar-refractivity contribution in [3.05, 3.63) is 148 Å². The zero-order valence-corrected chi connectivity index (χ0v) is 29.2. The van der Waals surface area contributed by atoms with Crippen LogP contribution in [0.15, 0.2) is 103 Å². The first-order valence-electron chi connectivity index (χ1n) is 16.9. The van der Waals surface area contributed by atoms with Crippen molar-refractivity contribution in [2.45, 2.75) is 55.4 Å². The monoisotopic (exact) mass is 624 g/mol. The van der Waals surface area contributed by atoms with E-state index in [0.29, 0.717) is 0 Å². The molecule has 48 heavy (non-hydrogen) atoms. The van der Waals surface area contributed by atoms with Crippen LogP contribution in [0, 0.1) is 55.4 Å². The van der Waals surface area contributed by atoms with E-state index >= 15 is 0 Å². The van der Waals surface area contributed by atoms with Crippen molar-refractivity contribution in [3.63, 3.8) is 0 Å². The topological polar surface area (TPSA) is 15.7 Å². The second-order valence-electron chi connectivity index (χ2n) is 14.2. The highest BCUT2D eigenvalue weighted by atomic mass is 16.5. The standard InChI is InChI=1S/C44H41BN2O/c1-26-13-27(2)18-34(17-26)46(35-19-28(3)14-29(4)20-35)37-24-40-44-42(25-37)48-41-12-10-9-11-38(41)45(44)43-33(8)16-32(7)23-39(43)47(40)36-21-30(5)15-31(6)22-36/h9-25H,1-8H3. The van der Waals surface area contributed by atoms with Gasteiger partial charge in [-0.05, 0) is 165 Å². The average Bonchev–Trinajstić information content (AvgIpc) is 2.99. The molecule has 4 heteroatoms. The molecular weight excluding hydrogens is 583 g/mol. The van der Waals surface area contributed by atoms with Crippen molar-refractivity contribution in [1.82, 2.24) is 0 Å². The van der Waals surface area contributed by atoms with E-state index in [9.17, 15) is 0 Å². The van der Waals surface area contributed by atoms with Crippen LogP contribution in [0.4, 0.5) is 34.1 Å². The molecule has 2 aliphatic heterocycles. The van der Waals surface area contributed by atoms with Gasteiger partial charge in [0.25, 0.3) is 6.71 Å². The molecule has 0 unspecified atom stereocenters. The molecule has 0 bridgehead atoms. The molecule has 6 aromatic rings. The smallest absolute Gasteiger partial charge is 0.256 e. The van der Waals surface area contributed by atoms with E-state index in [1.54, 1.807) is 0 Å².